The molecule has 2 aromatic carbocycles. The standard InChI is InChI=1S/C21H22FNO3/c1-25-18-11-7-15(20(13-18)26-2)8-12-21(24)23(17-9-10-17)14-16-5-3-4-6-19(16)22/h3-8,11-13,17H,9-10,14H2,1-2H3/b12-8+. The summed E-state index contributed by atoms with van der Waals surface area (Å²) >= 11 is 0. The Bertz CT molecular complexity index is 815. The third-order valence-electron chi connectivity index (χ3n) is 4.42. The van der Waals surface area contributed by atoms with Crippen LogP contribution in [-0.2, 0) is 11.3 Å². The van der Waals surface area contributed by atoms with Crippen LogP contribution in [0.1, 0.15) is 24.0 Å². The number of carbonyl (C=O) groups is 1. The van der Waals surface area contributed by atoms with Crippen LogP contribution in [0.25, 0.3) is 6.08 Å². The van der Waals surface area contributed by atoms with Gasteiger partial charge in [0.1, 0.15) is 17.3 Å². The first kappa shape index (κ1) is 18.0. The quantitative estimate of drug-likeness (QED) is 0.704. The predicted octanol–water partition coefficient (Wildman–Crippen LogP) is 4.05. The summed E-state index contributed by atoms with van der Waals surface area (Å²) in [7, 11) is 3.16. The monoisotopic (exact) mass is 355 g/mol. The molecule has 4 nitrogen and oxygen atoms in total. The highest BCUT2D eigenvalue weighted by atomic mass is 19.1. The summed E-state index contributed by atoms with van der Waals surface area (Å²) < 4.78 is 24.5. The van der Waals surface area contributed by atoms with Gasteiger partial charge in [0.15, 0.2) is 0 Å². The number of carbonyl (C=O) groups excluding carboxylic acids is 1. The fourth-order valence-corrected chi connectivity index (χ4v) is 2.80. The van der Waals surface area contributed by atoms with Crippen LogP contribution >= 0.6 is 0 Å². The summed E-state index contributed by atoms with van der Waals surface area (Å²) in [4.78, 5) is 14.4. The summed E-state index contributed by atoms with van der Waals surface area (Å²) in [5.41, 5.74) is 1.31. The molecule has 136 valence electrons. The molecule has 0 radical (unpaired) electrons. The molecule has 3 rings (SSSR count). The predicted molar refractivity (Wildman–Crippen MR) is 98.6 cm³/mol. The third kappa shape index (κ3) is 4.23. The topological polar surface area (TPSA) is 38.8 Å². The van der Waals surface area contributed by atoms with Gasteiger partial charge in [0.25, 0.3) is 0 Å². The number of methoxy groups -OCH3 is 2. The number of ether oxygens (including phenoxy) is 2. The molecule has 0 heterocycles. The Kier molecular flexibility index (Phi) is 5.56. The highest BCUT2D eigenvalue weighted by molar-refractivity contribution is 5.92. The minimum atomic E-state index is -0.285. The zero-order chi connectivity index (χ0) is 18.5. The van der Waals surface area contributed by atoms with E-state index in [9.17, 15) is 9.18 Å². The number of benzene rings is 2. The van der Waals surface area contributed by atoms with E-state index in [0.29, 0.717) is 17.1 Å². The lowest BCUT2D eigenvalue weighted by Gasteiger charge is -2.21. The Morgan fingerprint density at radius 2 is 1.96 bits per heavy atom. The first-order valence-electron chi connectivity index (χ1n) is 8.56. The second-order valence-corrected chi connectivity index (χ2v) is 6.23. The first-order chi connectivity index (χ1) is 12.6. The maximum Gasteiger partial charge on any atom is 0.247 e. The highest BCUT2D eigenvalue weighted by Gasteiger charge is 2.32. The van der Waals surface area contributed by atoms with Crippen LogP contribution in [0.4, 0.5) is 4.39 Å². The highest BCUT2D eigenvalue weighted by Crippen LogP contribution is 2.30. The lowest BCUT2D eigenvalue weighted by molar-refractivity contribution is -0.127. The third-order valence-corrected chi connectivity index (χ3v) is 4.42. The van der Waals surface area contributed by atoms with Gasteiger partial charge in [-0.3, -0.25) is 4.79 Å². The summed E-state index contributed by atoms with van der Waals surface area (Å²) in [5, 5.41) is 0. The average Bonchev–Trinajstić information content (AvgIpc) is 3.50. The molecule has 1 amide bonds. The lowest BCUT2D eigenvalue weighted by Crippen LogP contribution is -2.31. The van der Waals surface area contributed by atoms with Crippen LogP contribution in [0.5, 0.6) is 11.5 Å². The second kappa shape index (κ2) is 8.04. The van der Waals surface area contributed by atoms with Crippen LogP contribution < -0.4 is 9.47 Å². The molecule has 0 bridgehead atoms. The Morgan fingerprint density at radius 3 is 2.62 bits per heavy atom. The van der Waals surface area contributed by atoms with Crippen molar-refractivity contribution >= 4 is 12.0 Å². The van der Waals surface area contributed by atoms with Gasteiger partial charge in [-0.1, -0.05) is 18.2 Å². The molecule has 0 atom stereocenters. The largest absolute Gasteiger partial charge is 0.497 e. The van der Waals surface area contributed by atoms with E-state index in [4.69, 9.17) is 9.47 Å². The molecule has 0 N–H and O–H groups in total. The van der Waals surface area contributed by atoms with E-state index >= 15 is 0 Å². The maximum atomic E-state index is 13.9. The molecule has 0 spiro atoms. The van der Waals surface area contributed by atoms with E-state index in [1.54, 1.807) is 49.5 Å². The van der Waals surface area contributed by atoms with Gasteiger partial charge < -0.3 is 14.4 Å². The molecule has 0 aliphatic heterocycles. The molecule has 1 saturated carbocycles. The molecule has 5 heteroatoms. The molecule has 0 saturated heterocycles. The van der Waals surface area contributed by atoms with Crippen molar-refractivity contribution in [2.75, 3.05) is 14.2 Å². The summed E-state index contributed by atoms with van der Waals surface area (Å²) in [6.45, 7) is 0.278. The molecular formula is C21H22FNO3. The number of hydrogen-bond donors (Lipinski definition) is 0. The van der Waals surface area contributed by atoms with Crippen molar-refractivity contribution < 1.29 is 18.7 Å². The summed E-state index contributed by atoms with van der Waals surface area (Å²) in [6, 6.07) is 12.2. The van der Waals surface area contributed by atoms with E-state index in [1.807, 2.05) is 12.1 Å². The molecule has 26 heavy (non-hydrogen) atoms. The van der Waals surface area contributed by atoms with Crippen LogP contribution in [0, 0.1) is 5.82 Å². The van der Waals surface area contributed by atoms with E-state index in [1.165, 1.54) is 12.1 Å². The Morgan fingerprint density at radius 1 is 1.19 bits per heavy atom. The smallest absolute Gasteiger partial charge is 0.247 e. The SMILES string of the molecule is COc1ccc(/C=C/C(=O)N(Cc2ccccc2F)C2CC2)c(OC)c1. The Labute approximate surface area is 152 Å². The number of amides is 1. The number of hydrogen-bond acceptors (Lipinski definition) is 3. The van der Waals surface area contributed by atoms with Crippen LogP contribution in [-0.4, -0.2) is 31.1 Å². The fraction of sp³-hybridized carbons (Fsp3) is 0.286. The minimum absolute atomic E-state index is 0.131. The van der Waals surface area contributed by atoms with E-state index in [2.05, 4.69) is 0 Å². The van der Waals surface area contributed by atoms with Crippen molar-refractivity contribution in [1.82, 2.24) is 4.90 Å². The summed E-state index contributed by atoms with van der Waals surface area (Å²) in [6.07, 6.45) is 5.15. The number of halogens is 1. The zero-order valence-corrected chi connectivity index (χ0v) is 14.9. The van der Waals surface area contributed by atoms with Crippen LogP contribution in [0.3, 0.4) is 0 Å². The van der Waals surface area contributed by atoms with Gasteiger partial charge in [-0.05, 0) is 37.1 Å². The van der Waals surface area contributed by atoms with Crippen LogP contribution in [0.15, 0.2) is 48.5 Å². The van der Waals surface area contributed by atoms with Crippen molar-refractivity contribution in [3.05, 3.63) is 65.5 Å². The van der Waals surface area contributed by atoms with Crippen molar-refractivity contribution in [1.29, 1.82) is 0 Å². The number of rotatable bonds is 7. The fourth-order valence-electron chi connectivity index (χ4n) is 2.80. The van der Waals surface area contributed by atoms with Gasteiger partial charge in [0.2, 0.25) is 5.91 Å². The first-order valence-corrected chi connectivity index (χ1v) is 8.56. The van der Waals surface area contributed by atoms with Crippen molar-refractivity contribution in [2.45, 2.75) is 25.4 Å². The second-order valence-electron chi connectivity index (χ2n) is 6.23. The van der Waals surface area contributed by atoms with Crippen molar-refractivity contribution in [3.8, 4) is 11.5 Å². The maximum absolute atomic E-state index is 13.9. The van der Waals surface area contributed by atoms with Gasteiger partial charge in [-0.25, -0.2) is 4.39 Å². The normalized spacial score (nSPS) is 13.7. The van der Waals surface area contributed by atoms with Crippen molar-refractivity contribution in [2.24, 2.45) is 0 Å². The van der Waals surface area contributed by atoms with Crippen molar-refractivity contribution in [3.63, 3.8) is 0 Å². The minimum Gasteiger partial charge on any atom is -0.497 e. The lowest BCUT2D eigenvalue weighted by atomic mass is 10.1. The molecule has 0 unspecified atom stereocenters. The molecule has 1 aliphatic carbocycles. The Hall–Kier alpha value is -2.82. The molecule has 0 aromatic heterocycles. The average molecular weight is 355 g/mol. The Balaban J connectivity index is 1.76. The van der Waals surface area contributed by atoms with Gasteiger partial charge in [0.05, 0.1) is 14.2 Å². The van der Waals surface area contributed by atoms with Gasteiger partial charge in [0, 0.05) is 35.9 Å². The molecular weight excluding hydrogens is 333 g/mol. The molecule has 1 aliphatic rings. The molecule has 1 fully saturated rings. The van der Waals surface area contributed by atoms with Gasteiger partial charge >= 0.3 is 0 Å². The summed E-state index contributed by atoms with van der Waals surface area (Å²) in [5.74, 6) is 0.894. The van der Waals surface area contributed by atoms with Gasteiger partial charge in [-0.15, -0.1) is 0 Å². The molecule has 2 aromatic rings. The van der Waals surface area contributed by atoms with E-state index < -0.39 is 0 Å². The number of nitrogens with zero attached hydrogens (tertiary/aromatic N) is 1. The van der Waals surface area contributed by atoms with Crippen LogP contribution in [0.2, 0.25) is 0 Å². The van der Waals surface area contributed by atoms with E-state index in [-0.39, 0.29) is 24.3 Å². The van der Waals surface area contributed by atoms with E-state index in [0.717, 1.165) is 18.4 Å². The zero-order valence-electron chi connectivity index (χ0n) is 14.9. The van der Waals surface area contributed by atoms with Gasteiger partial charge in [-0.2, -0.15) is 0 Å².